The van der Waals surface area contributed by atoms with Crippen molar-refractivity contribution in [1.29, 1.82) is 0 Å². The molecule has 0 fully saturated rings. The summed E-state index contributed by atoms with van der Waals surface area (Å²) in [6, 6.07) is 19.9. The zero-order valence-electron chi connectivity index (χ0n) is 11.2. The maximum absolute atomic E-state index is 3.38. The van der Waals surface area contributed by atoms with Gasteiger partial charge in [0.1, 0.15) is 0 Å². The van der Waals surface area contributed by atoms with E-state index in [1.54, 1.807) is 0 Å². The summed E-state index contributed by atoms with van der Waals surface area (Å²) in [7, 11) is 2.03. The molecule has 0 heterocycles. The van der Waals surface area contributed by atoms with Gasteiger partial charge in [0.25, 0.3) is 0 Å². The molecule has 1 heteroatoms. The molecule has 1 N–H and O–H groups in total. The molecule has 2 rings (SSSR count). The lowest BCUT2D eigenvalue weighted by Crippen LogP contribution is -2.15. The predicted molar refractivity (Wildman–Crippen MR) is 78.6 cm³/mol. The van der Waals surface area contributed by atoms with E-state index >= 15 is 0 Å². The van der Waals surface area contributed by atoms with E-state index in [-0.39, 0.29) is 0 Å². The largest absolute Gasteiger partial charge is 0.313 e. The molecule has 2 aromatic carbocycles. The van der Waals surface area contributed by atoms with Crippen molar-refractivity contribution in [3.8, 4) is 11.1 Å². The van der Waals surface area contributed by atoms with Crippen LogP contribution in [-0.4, -0.2) is 7.05 Å². The van der Waals surface area contributed by atoms with Crippen LogP contribution in [-0.2, 0) is 0 Å². The standard InChI is InChI=1S/C17H21N/c1-3-7-17(18-2)16-12-10-15(11-13-16)14-8-5-4-6-9-14/h4-6,8-13,17-18H,3,7H2,1-2H3. The van der Waals surface area contributed by atoms with Gasteiger partial charge in [-0.25, -0.2) is 0 Å². The van der Waals surface area contributed by atoms with E-state index in [0.29, 0.717) is 6.04 Å². The van der Waals surface area contributed by atoms with Crippen molar-refractivity contribution in [3.05, 3.63) is 60.2 Å². The lowest BCUT2D eigenvalue weighted by molar-refractivity contribution is 0.542. The molecule has 0 aromatic heterocycles. The van der Waals surface area contributed by atoms with Crippen LogP contribution in [0.5, 0.6) is 0 Å². The highest BCUT2D eigenvalue weighted by Gasteiger charge is 2.07. The Balaban J connectivity index is 2.19. The summed E-state index contributed by atoms with van der Waals surface area (Å²) in [5.41, 5.74) is 3.94. The van der Waals surface area contributed by atoms with E-state index in [4.69, 9.17) is 0 Å². The number of hydrogen-bond donors (Lipinski definition) is 1. The first-order valence-electron chi connectivity index (χ1n) is 6.67. The SMILES string of the molecule is CCCC(NC)c1ccc(-c2ccccc2)cc1. The Morgan fingerprint density at radius 3 is 2.06 bits per heavy atom. The molecule has 0 saturated carbocycles. The van der Waals surface area contributed by atoms with Crippen LogP contribution < -0.4 is 5.32 Å². The summed E-state index contributed by atoms with van der Waals surface area (Å²) in [5.74, 6) is 0. The van der Waals surface area contributed by atoms with Gasteiger partial charge in [-0.15, -0.1) is 0 Å². The summed E-state index contributed by atoms with van der Waals surface area (Å²) in [4.78, 5) is 0. The third kappa shape index (κ3) is 2.99. The van der Waals surface area contributed by atoms with Crippen molar-refractivity contribution < 1.29 is 0 Å². The normalized spacial score (nSPS) is 12.3. The predicted octanol–water partition coefficient (Wildman–Crippen LogP) is 4.41. The summed E-state index contributed by atoms with van der Waals surface area (Å²) in [5, 5.41) is 3.38. The first-order valence-corrected chi connectivity index (χ1v) is 6.67. The van der Waals surface area contributed by atoms with E-state index in [1.165, 1.54) is 29.5 Å². The molecule has 2 aromatic rings. The average Bonchev–Trinajstić information content (AvgIpc) is 2.46. The lowest BCUT2D eigenvalue weighted by atomic mass is 9.98. The topological polar surface area (TPSA) is 12.0 Å². The quantitative estimate of drug-likeness (QED) is 0.814. The zero-order chi connectivity index (χ0) is 12.8. The van der Waals surface area contributed by atoms with Gasteiger partial charge in [-0.3, -0.25) is 0 Å². The van der Waals surface area contributed by atoms with Gasteiger partial charge in [0.2, 0.25) is 0 Å². The van der Waals surface area contributed by atoms with Crippen molar-refractivity contribution >= 4 is 0 Å². The fourth-order valence-corrected chi connectivity index (χ4v) is 2.30. The van der Waals surface area contributed by atoms with Crippen LogP contribution in [0.3, 0.4) is 0 Å². The van der Waals surface area contributed by atoms with Gasteiger partial charge < -0.3 is 5.32 Å². The highest BCUT2D eigenvalue weighted by molar-refractivity contribution is 5.63. The van der Waals surface area contributed by atoms with Crippen molar-refractivity contribution in [2.75, 3.05) is 7.05 Å². The first-order chi connectivity index (χ1) is 8.85. The molecular weight excluding hydrogens is 218 g/mol. The van der Waals surface area contributed by atoms with Gasteiger partial charge >= 0.3 is 0 Å². The van der Waals surface area contributed by atoms with Crippen molar-refractivity contribution in [1.82, 2.24) is 5.32 Å². The van der Waals surface area contributed by atoms with E-state index in [0.717, 1.165) is 0 Å². The Morgan fingerprint density at radius 1 is 0.889 bits per heavy atom. The maximum Gasteiger partial charge on any atom is 0.0317 e. The van der Waals surface area contributed by atoms with Crippen LogP contribution in [0.4, 0.5) is 0 Å². The Kier molecular flexibility index (Phi) is 4.54. The minimum absolute atomic E-state index is 0.472. The molecule has 1 atom stereocenters. The molecule has 0 spiro atoms. The average molecular weight is 239 g/mol. The molecule has 1 unspecified atom stereocenters. The Hall–Kier alpha value is -1.60. The fourth-order valence-electron chi connectivity index (χ4n) is 2.30. The molecule has 94 valence electrons. The Labute approximate surface area is 110 Å². The van der Waals surface area contributed by atoms with Crippen LogP contribution in [0.1, 0.15) is 31.4 Å². The summed E-state index contributed by atoms with van der Waals surface area (Å²) < 4.78 is 0. The molecule has 0 radical (unpaired) electrons. The molecular formula is C17H21N. The molecule has 0 amide bonds. The van der Waals surface area contributed by atoms with Gasteiger partial charge in [0.05, 0.1) is 0 Å². The molecule has 0 aliphatic heterocycles. The summed E-state index contributed by atoms with van der Waals surface area (Å²) >= 11 is 0. The Bertz CT molecular complexity index is 459. The Morgan fingerprint density at radius 2 is 1.50 bits per heavy atom. The number of hydrogen-bond acceptors (Lipinski definition) is 1. The third-order valence-electron chi connectivity index (χ3n) is 3.35. The van der Waals surface area contributed by atoms with Gasteiger partial charge in [0, 0.05) is 6.04 Å². The zero-order valence-corrected chi connectivity index (χ0v) is 11.2. The molecule has 1 nitrogen and oxygen atoms in total. The second-order valence-corrected chi connectivity index (χ2v) is 4.62. The minimum atomic E-state index is 0.472. The summed E-state index contributed by atoms with van der Waals surface area (Å²) in [6.45, 7) is 2.22. The van der Waals surface area contributed by atoms with E-state index in [9.17, 15) is 0 Å². The van der Waals surface area contributed by atoms with Crippen LogP contribution in [0, 0.1) is 0 Å². The van der Waals surface area contributed by atoms with Gasteiger partial charge in [-0.05, 0) is 30.2 Å². The van der Waals surface area contributed by atoms with E-state index in [2.05, 4.69) is 66.8 Å². The van der Waals surface area contributed by atoms with Crippen LogP contribution in [0.2, 0.25) is 0 Å². The number of rotatable bonds is 5. The van der Waals surface area contributed by atoms with E-state index in [1.807, 2.05) is 7.05 Å². The number of nitrogens with one attached hydrogen (secondary N) is 1. The highest BCUT2D eigenvalue weighted by Crippen LogP contribution is 2.23. The third-order valence-corrected chi connectivity index (χ3v) is 3.35. The second kappa shape index (κ2) is 6.36. The van der Waals surface area contributed by atoms with Crippen LogP contribution in [0.15, 0.2) is 54.6 Å². The molecule has 0 saturated heterocycles. The minimum Gasteiger partial charge on any atom is -0.313 e. The van der Waals surface area contributed by atoms with Crippen LogP contribution >= 0.6 is 0 Å². The van der Waals surface area contributed by atoms with Gasteiger partial charge in [0.15, 0.2) is 0 Å². The summed E-state index contributed by atoms with van der Waals surface area (Å²) in [6.07, 6.45) is 2.38. The van der Waals surface area contributed by atoms with Crippen molar-refractivity contribution in [2.24, 2.45) is 0 Å². The molecule has 0 bridgehead atoms. The molecule has 0 aliphatic carbocycles. The monoisotopic (exact) mass is 239 g/mol. The number of benzene rings is 2. The lowest BCUT2D eigenvalue weighted by Gasteiger charge is -2.16. The second-order valence-electron chi connectivity index (χ2n) is 4.62. The van der Waals surface area contributed by atoms with Crippen molar-refractivity contribution in [2.45, 2.75) is 25.8 Å². The molecule has 18 heavy (non-hydrogen) atoms. The first kappa shape index (κ1) is 12.8. The highest BCUT2D eigenvalue weighted by atomic mass is 14.9. The van der Waals surface area contributed by atoms with Gasteiger partial charge in [-0.1, -0.05) is 67.9 Å². The van der Waals surface area contributed by atoms with E-state index < -0.39 is 0 Å². The molecule has 0 aliphatic rings. The van der Waals surface area contributed by atoms with Gasteiger partial charge in [-0.2, -0.15) is 0 Å². The van der Waals surface area contributed by atoms with Crippen molar-refractivity contribution in [3.63, 3.8) is 0 Å². The fraction of sp³-hybridized carbons (Fsp3) is 0.294. The van der Waals surface area contributed by atoms with Crippen LogP contribution in [0.25, 0.3) is 11.1 Å². The maximum atomic E-state index is 3.38. The smallest absolute Gasteiger partial charge is 0.0317 e.